The van der Waals surface area contributed by atoms with Crippen LogP contribution in [0.25, 0.3) is 0 Å². The van der Waals surface area contributed by atoms with Crippen molar-refractivity contribution >= 4 is 13.8 Å². The minimum atomic E-state index is -4.12. The Bertz CT molecular complexity index is 687. The number of hydrogen-bond acceptors (Lipinski definition) is 7. The van der Waals surface area contributed by atoms with Gasteiger partial charge < -0.3 is 30.5 Å². The summed E-state index contributed by atoms with van der Waals surface area (Å²) in [6.07, 6.45) is 44.0. The molecule has 0 bridgehead atoms. The molecule has 0 aromatic rings. The van der Waals surface area contributed by atoms with Gasteiger partial charge >= 0.3 is 5.97 Å². The lowest BCUT2D eigenvalue weighted by Crippen LogP contribution is -2.29. The minimum Gasteiger partial charge on any atom is -0.756 e. The van der Waals surface area contributed by atoms with Crippen LogP contribution in [0.4, 0.5) is 0 Å². The molecule has 0 aromatic heterocycles. The van der Waals surface area contributed by atoms with Crippen LogP contribution in [0.5, 0.6) is 0 Å². The molecule has 9 heteroatoms. The first-order valence-corrected chi connectivity index (χ1v) is 23.5. The van der Waals surface area contributed by atoms with E-state index >= 15 is 0 Å². The second-order valence-electron chi connectivity index (χ2n) is 14.9. The third-order valence-electron chi connectivity index (χ3n) is 9.78. The molecule has 0 rings (SSSR count). The van der Waals surface area contributed by atoms with Crippen molar-refractivity contribution in [1.82, 2.24) is 0 Å². The van der Waals surface area contributed by atoms with Gasteiger partial charge in [-0.3, -0.25) is 9.36 Å². The molecular weight excluding hydrogens is 659 g/mol. The van der Waals surface area contributed by atoms with Gasteiger partial charge in [-0.05, 0) is 32.2 Å². The molecule has 51 heavy (non-hydrogen) atoms. The van der Waals surface area contributed by atoms with E-state index in [1.54, 1.807) is 0 Å². The molecule has 308 valence electrons. The number of unbranched alkanes of at least 4 members (excludes halogenated alkanes) is 31. The summed E-state index contributed by atoms with van der Waals surface area (Å²) < 4.78 is 22.0. The van der Waals surface area contributed by atoms with Gasteiger partial charge in [-0.2, -0.15) is 0 Å². The fraction of sp³-hybridized carbons (Fsp3) is 0.976. The second-order valence-corrected chi connectivity index (χ2v) is 16.4. The van der Waals surface area contributed by atoms with E-state index in [0.29, 0.717) is 13.0 Å². The number of carboxylic acids is 1. The largest absolute Gasteiger partial charge is 0.756 e. The predicted molar refractivity (Wildman–Crippen MR) is 217 cm³/mol. The number of carbonyl (C=O) groups is 1. The van der Waals surface area contributed by atoms with Crippen LogP contribution < -0.4 is 16.4 Å². The summed E-state index contributed by atoms with van der Waals surface area (Å²) in [4.78, 5) is 22.1. The number of phosphoric acid groups is 1. The Morgan fingerprint density at radius 3 is 1.00 bits per heavy atom. The number of aliphatic carboxylic acids is 1. The van der Waals surface area contributed by atoms with Crippen molar-refractivity contribution in [1.29, 1.82) is 0 Å². The van der Waals surface area contributed by atoms with Gasteiger partial charge in [0, 0.05) is 0 Å². The molecule has 0 aliphatic heterocycles. The van der Waals surface area contributed by atoms with Crippen LogP contribution >= 0.6 is 7.82 Å². The molecule has 0 aromatic carbocycles. The summed E-state index contributed by atoms with van der Waals surface area (Å²) in [5.41, 5.74) is 10.4. The summed E-state index contributed by atoms with van der Waals surface area (Å²) in [5.74, 6) is -0.933. The molecule has 0 aliphatic rings. The van der Waals surface area contributed by atoms with Gasteiger partial charge in [0.15, 0.2) is 0 Å². The molecule has 8 nitrogen and oxygen atoms in total. The molecule has 0 saturated heterocycles. The van der Waals surface area contributed by atoms with Crippen LogP contribution in [0.15, 0.2) is 0 Å². The van der Waals surface area contributed by atoms with E-state index in [-0.39, 0.29) is 13.2 Å². The van der Waals surface area contributed by atoms with Crippen LogP contribution in [-0.2, 0) is 18.4 Å². The Hall–Kier alpha value is -0.500. The predicted octanol–water partition coefficient (Wildman–Crippen LogP) is 12.5. The highest BCUT2D eigenvalue weighted by Gasteiger charge is 2.10. The zero-order valence-electron chi connectivity index (χ0n) is 34.0. The van der Waals surface area contributed by atoms with E-state index in [1.807, 2.05) is 0 Å². The Kier molecular flexibility index (Phi) is 45.3. The molecule has 1 unspecified atom stereocenters. The monoisotopic (exact) mass is 748 g/mol. The van der Waals surface area contributed by atoms with Gasteiger partial charge in [0.25, 0.3) is 7.82 Å². The first-order valence-electron chi connectivity index (χ1n) is 22.1. The topological polar surface area (TPSA) is 148 Å². The minimum absolute atomic E-state index is 0.262. The molecule has 0 aliphatic carbocycles. The number of hydrogen-bond donors (Lipinski definition) is 3. The first kappa shape index (κ1) is 52.6. The zero-order chi connectivity index (χ0) is 37.9. The van der Waals surface area contributed by atoms with Crippen molar-refractivity contribution in [3.8, 4) is 0 Å². The first-order chi connectivity index (χ1) is 24.8. The molecular formula is C42H88N2O6P-. The molecule has 0 spiro atoms. The van der Waals surface area contributed by atoms with E-state index in [9.17, 15) is 14.3 Å². The third-order valence-corrected chi connectivity index (χ3v) is 10.8. The van der Waals surface area contributed by atoms with Crippen LogP contribution in [0, 0.1) is 0 Å². The van der Waals surface area contributed by atoms with Crippen molar-refractivity contribution in [3.63, 3.8) is 0 Å². The van der Waals surface area contributed by atoms with E-state index < -0.39 is 19.8 Å². The second kappa shape index (κ2) is 43.9. The Morgan fingerprint density at radius 2 is 0.765 bits per heavy atom. The molecule has 1 atom stereocenters. The lowest BCUT2D eigenvalue weighted by atomic mass is 10.0. The molecule has 0 heterocycles. The highest BCUT2D eigenvalue weighted by Crippen LogP contribution is 2.38. The van der Waals surface area contributed by atoms with Crippen molar-refractivity contribution in [3.05, 3.63) is 0 Å². The molecule has 5 N–H and O–H groups in total. The molecule has 0 fully saturated rings. The Labute approximate surface area is 317 Å². The lowest BCUT2D eigenvalue weighted by Gasteiger charge is -2.22. The number of carboxylic acid groups (broad SMARTS) is 1. The third kappa shape index (κ3) is 47.5. The van der Waals surface area contributed by atoms with Crippen molar-refractivity contribution in [2.75, 3.05) is 19.8 Å². The van der Waals surface area contributed by atoms with Crippen molar-refractivity contribution < 1.29 is 28.4 Å². The molecule has 0 amide bonds. The van der Waals surface area contributed by atoms with Crippen LogP contribution in [0.1, 0.15) is 239 Å². The highest BCUT2D eigenvalue weighted by molar-refractivity contribution is 7.45. The summed E-state index contributed by atoms with van der Waals surface area (Å²) in [5, 5.41) is 8.33. The number of nitrogens with two attached hydrogens (primary N) is 2. The zero-order valence-corrected chi connectivity index (χ0v) is 34.9. The quantitative estimate of drug-likeness (QED) is 0.0413. The van der Waals surface area contributed by atoms with Gasteiger partial charge in [0.2, 0.25) is 0 Å². The normalized spacial score (nSPS) is 12.2. The number of rotatable bonds is 41. The Balaban J connectivity index is 0. The van der Waals surface area contributed by atoms with Gasteiger partial charge in [-0.1, -0.05) is 213 Å². The summed E-state index contributed by atoms with van der Waals surface area (Å²) in [6, 6.07) is -0.716. The van der Waals surface area contributed by atoms with Crippen LogP contribution in [0.3, 0.4) is 0 Å². The van der Waals surface area contributed by atoms with Crippen LogP contribution in [-0.4, -0.2) is 36.9 Å². The van der Waals surface area contributed by atoms with Crippen molar-refractivity contribution in [2.45, 2.75) is 245 Å². The van der Waals surface area contributed by atoms with E-state index in [4.69, 9.17) is 25.6 Å². The van der Waals surface area contributed by atoms with E-state index in [0.717, 1.165) is 38.5 Å². The number of phosphoric ester groups is 1. The van der Waals surface area contributed by atoms with E-state index in [2.05, 4.69) is 13.8 Å². The fourth-order valence-electron chi connectivity index (χ4n) is 6.32. The lowest BCUT2D eigenvalue weighted by molar-refractivity contribution is -0.225. The highest BCUT2D eigenvalue weighted by atomic mass is 31.2. The summed E-state index contributed by atoms with van der Waals surface area (Å²) in [6.45, 7) is 5.68. The van der Waals surface area contributed by atoms with Crippen LogP contribution in [0.2, 0.25) is 0 Å². The van der Waals surface area contributed by atoms with E-state index in [1.165, 1.54) is 180 Å². The van der Waals surface area contributed by atoms with Gasteiger partial charge in [0.05, 0.1) is 13.2 Å². The fourth-order valence-corrected chi connectivity index (χ4v) is 7.10. The molecule has 0 saturated carbocycles. The van der Waals surface area contributed by atoms with Gasteiger partial charge in [-0.15, -0.1) is 0 Å². The standard InChI is InChI=1S/C36H75O4P.C6H14N2O2/c1-3-5-7-9-11-13-15-17-19-21-23-25-27-29-31-33-35-39-41(37,38)40-36-34-32-30-28-26-24-22-20-18-16-14-12-10-8-6-4-2;7-4-2-1-3-5(8)6(9)10/h3-36H2,1-2H3,(H,37,38);5H,1-4,7-8H2,(H,9,10)/p-1. The average Bonchev–Trinajstić information content (AvgIpc) is 3.11. The van der Waals surface area contributed by atoms with Crippen molar-refractivity contribution in [2.24, 2.45) is 11.5 Å². The summed E-state index contributed by atoms with van der Waals surface area (Å²) in [7, 11) is -4.12. The smallest absolute Gasteiger partial charge is 0.320 e. The average molecular weight is 748 g/mol. The van der Waals surface area contributed by atoms with Gasteiger partial charge in [-0.25, -0.2) is 0 Å². The Morgan fingerprint density at radius 1 is 0.510 bits per heavy atom. The summed E-state index contributed by atoms with van der Waals surface area (Å²) >= 11 is 0. The maximum atomic E-state index is 11.9. The molecule has 0 radical (unpaired) electrons. The maximum absolute atomic E-state index is 11.9. The SMILES string of the molecule is CCCCCCCCCCCCCCCCCCOP(=O)([O-])OCCCCCCCCCCCCCCCCCC.NCCCCC(N)C(=O)O. The van der Waals surface area contributed by atoms with Gasteiger partial charge in [0.1, 0.15) is 6.04 Å². The maximum Gasteiger partial charge on any atom is 0.320 e.